The van der Waals surface area contributed by atoms with Gasteiger partial charge in [0.1, 0.15) is 30.2 Å². The fourth-order valence-electron chi connectivity index (χ4n) is 4.86. The first kappa shape index (κ1) is 35.0. The highest BCUT2D eigenvalue weighted by Crippen LogP contribution is 2.26. The van der Waals surface area contributed by atoms with Gasteiger partial charge in [0, 0.05) is 24.7 Å². The van der Waals surface area contributed by atoms with Gasteiger partial charge in [0.15, 0.2) is 0 Å². The number of esters is 1. The summed E-state index contributed by atoms with van der Waals surface area (Å²) in [6.45, 7) is -0.0302. The van der Waals surface area contributed by atoms with E-state index in [2.05, 4.69) is 25.9 Å². The number of aromatic amines is 1. The monoisotopic (exact) mass is 657 g/mol. The van der Waals surface area contributed by atoms with E-state index in [0.29, 0.717) is 17.2 Å². The third-order valence-corrected chi connectivity index (χ3v) is 7.47. The van der Waals surface area contributed by atoms with Crippen molar-refractivity contribution in [2.45, 2.75) is 44.0 Å². The number of imidazole rings is 1. The molecule has 0 saturated heterocycles. The average Bonchev–Trinajstić information content (AvgIpc) is 3.64. The van der Waals surface area contributed by atoms with E-state index < -0.39 is 36.1 Å². The van der Waals surface area contributed by atoms with Crippen LogP contribution in [0.2, 0.25) is 0 Å². The second-order valence-corrected chi connectivity index (χ2v) is 10.7. The molecule has 3 amide bonds. The number of hydrogen-bond donors (Lipinski definition) is 4. The molecule has 252 valence electrons. The number of carbonyl (C=O) groups excluding carboxylic acids is 4. The van der Waals surface area contributed by atoms with Gasteiger partial charge in [0.25, 0.3) is 0 Å². The topological polar surface area (TPSA) is 170 Å². The van der Waals surface area contributed by atoms with Gasteiger partial charge >= 0.3 is 12.1 Å². The summed E-state index contributed by atoms with van der Waals surface area (Å²) in [5, 5.41) is 8.22. The number of nitrogens with one attached hydrogen (secondary N) is 4. The van der Waals surface area contributed by atoms with Crippen molar-refractivity contribution in [2.24, 2.45) is 0 Å². The smallest absolute Gasteiger partial charge is 0.408 e. The molecule has 13 nitrogen and oxygen atoms in total. The van der Waals surface area contributed by atoms with E-state index in [1.807, 2.05) is 42.5 Å². The van der Waals surface area contributed by atoms with Gasteiger partial charge in [-0.15, -0.1) is 0 Å². The summed E-state index contributed by atoms with van der Waals surface area (Å²) in [5.74, 6) is -0.448. The molecule has 1 heterocycles. The molecule has 0 bridgehead atoms. The Morgan fingerprint density at radius 3 is 1.94 bits per heavy atom. The largest absolute Gasteiger partial charge is 0.497 e. The number of ether oxygens (including phenoxy) is 4. The zero-order valence-corrected chi connectivity index (χ0v) is 26.9. The van der Waals surface area contributed by atoms with Crippen LogP contribution in [-0.4, -0.2) is 67.3 Å². The van der Waals surface area contributed by atoms with E-state index in [1.54, 1.807) is 50.6 Å². The van der Waals surface area contributed by atoms with Crippen molar-refractivity contribution in [1.29, 1.82) is 0 Å². The molecule has 0 aliphatic heterocycles. The number of carbonyl (C=O) groups is 4. The number of alkyl carbamates (subject to hydrolysis) is 1. The lowest BCUT2D eigenvalue weighted by Crippen LogP contribution is -2.52. The Morgan fingerprint density at radius 2 is 1.40 bits per heavy atom. The van der Waals surface area contributed by atoms with Crippen LogP contribution in [0.1, 0.15) is 41.3 Å². The van der Waals surface area contributed by atoms with Gasteiger partial charge in [-0.1, -0.05) is 54.6 Å². The normalized spacial score (nSPS) is 11.9. The Kier molecular flexibility index (Phi) is 12.9. The maximum Gasteiger partial charge on any atom is 0.408 e. The van der Waals surface area contributed by atoms with Gasteiger partial charge in [-0.3, -0.25) is 9.59 Å². The maximum absolute atomic E-state index is 13.5. The Hall–Kier alpha value is -5.85. The standard InChI is InChI=1S/C35H39N5O8/c1-45-27-13-9-24(10-14-27)32(25-11-15-28(46-2)16-12-25)40-31(41)18-17-29(39-35(44)48-21-23-7-5-4-6-8-23)33(42)38-30(34(43)47-3)19-26-20-36-22-37-26/h4-16,20,22,29-30,32H,17-19,21H2,1-3H3,(H,36,37)(H,38,42)(H,39,44)(H,40,41)/t29-,30-/m0/s1. The quantitative estimate of drug-likeness (QED) is 0.132. The highest BCUT2D eigenvalue weighted by Gasteiger charge is 2.29. The third kappa shape index (κ3) is 10.3. The number of H-pyrrole nitrogens is 1. The number of benzene rings is 3. The molecule has 0 aliphatic carbocycles. The molecule has 4 N–H and O–H groups in total. The van der Waals surface area contributed by atoms with Crippen molar-refractivity contribution in [3.63, 3.8) is 0 Å². The van der Waals surface area contributed by atoms with Gasteiger partial charge in [-0.2, -0.15) is 0 Å². The minimum Gasteiger partial charge on any atom is -0.497 e. The highest BCUT2D eigenvalue weighted by atomic mass is 16.5. The first-order chi connectivity index (χ1) is 23.3. The fraction of sp³-hybridized carbons (Fsp3) is 0.286. The van der Waals surface area contributed by atoms with Gasteiger partial charge in [0.2, 0.25) is 11.8 Å². The summed E-state index contributed by atoms with van der Waals surface area (Å²) in [6, 6.07) is 20.8. The van der Waals surface area contributed by atoms with Crippen LogP contribution < -0.4 is 25.4 Å². The molecule has 0 unspecified atom stereocenters. The third-order valence-electron chi connectivity index (χ3n) is 7.47. The first-order valence-corrected chi connectivity index (χ1v) is 15.2. The zero-order valence-electron chi connectivity index (χ0n) is 26.9. The molecule has 13 heteroatoms. The van der Waals surface area contributed by atoms with E-state index in [1.165, 1.54) is 19.6 Å². The van der Waals surface area contributed by atoms with E-state index in [-0.39, 0.29) is 31.8 Å². The summed E-state index contributed by atoms with van der Waals surface area (Å²) >= 11 is 0. The summed E-state index contributed by atoms with van der Waals surface area (Å²) < 4.78 is 20.8. The second-order valence-electron chi connectivity index (χ2n) is 10.7. The predicted octanol–water partition coefficient (Wildman–Crippen LogP) is 3.61. The summed E-state index contributed by atoms with van der Waals surface area (Å²) in [6.07, 6.45) is 1.91. The van der Waals surface area contributed by atoms with Gasteiger partial charge in [-0.25, -0.2) is 14.6 Å². The van der Waals surface area contributed by atoms with E-state index in [0.717, 1.165) is 16.7 Å². The lowest BCUT2D eigenvalue weighted by molar-refractivity contribution is -0.145. The van der Waals surface area contributed by atoms with Crippen molar-refractivity contribution >= 4 is 23.9 Å². The number of nitrogens with zero attached hydrogens (tertiary/aromatic N) is 1. The number of amides is 3. The van der Waals surface area contributed by atoms with Crippen molar-refractivity contribution in [2.75, 3.05) is 21.3 Å². The Labute approximate surface area is 278 Å². The summed E-state index contributed by atoms with van der Waals surface area (Å²) in [5.41, 5.74) is 2.93. The van der Waals surface area contributed by atoms with Crippen LogP contribution in [-0.2, 0) is 36.9 Å². The zero-order chi connectivity index (χ0) is 34.3. The lowest BCUT2D eigenvalue weighted by Gasteiger charge is -2.23. The van der Waals surface area contributed by atoms with Gasteiger partial charge < -0.3 is 39.9 Å². The number of hydrogen-bond acceptors (Lipinski definition) is 9. The molecule has 4 aromatic rings. The van der Waals surface area contributed by atoms with Crippen LogP contribution in [0.15, 0.2) is 91.4 Å². The second kappa shape index (κ2) is 17.7. The highest BCUT2D eigenvalue weighted by molar-refractivity contribution is 5.90. The minimum atomic E-state index is -1.23. The average molecular weight is 658 g/mol. The Morgan fingerprint density at radius 1 is 0.771 bits per heavy atom. The van der Waals surface area contributed by atoms with Crippen molar-refractivity contribution in [1.82, 2.24) is 25.9 Å². The molecule has 3 aromatic carbocycles. The van der Waals surface area contributed by atoms with E-state index in [4.69, 9.17) is 18.9 Å². The van der Waals surface area contributed by atoms with E-state index in [9.17, 15) is 19.2 Å². The molecule has 0 aliphatic rings. The van der Waals surface area contributed by atoms with Crippen molar-refractivity contribution < 1.29 is 38.1 Å². The molecule has 0 fully saturated rings. The van der Waals surface area contributed by atoms with Crippen LogP contribution in [0.4, 0.5) is 4.79 Å². The molecular formula is C35H39N5O8. The fourth-order valence-corrected chi connectivity index (χ4v) is 4.86. The van der Waals surface area contributed by atoms with Crippen molar-refractivity contribution in [3.05, 3.63) is 114 Å². The molecule has 4 rings (SSSR count). The Bertz CT molecular complexity index is 1570. The van der Waals surface area contributed by atoms with Gasteiger partial charge in [0.05, 0.1) is 33.7 Å². The maximum atomic E-state index is 13.5. The van der Waals surface area contributed by atoms with Gasteiger partial charge in [-0.05, 0) is 47.4 Å². The molecule has 1 aromatic heterocycles. The molecule has 48 heavy (non-hydrogen) atoms. The van der Waals surface area contributed by atoms with E-state index >= 15 is 0 Å². The Balaban J connectivity index is 1.49. The predicted molar refractivity (Wildman–Crippen MR) is 175 cm³/mol. The molecule has 0 spiro atoms. The number of rotatable bonds is 16. The minimum absolute atomic E-state index is 0.0302. The van der Waals surface area contributed by atoms with Crippen LogP contribution in [0, 0.1) is 0 Å². The summed E-state index contributed by atoms with van der Waals surface area (Å²) in [4.78, 5) is 59.2. The SMILES string of the molecule is COC(=O)[C@H](Cc1cnc[nH]1)NC(=O)[C@H](CCC(=O)NC(c1ccc(OC)cc1)c1ccc(OC)cc1)NC(=O)OCc1ccccc1. The first-order valence-electron chi connectivity index (χ1n) is 15.2. The molecular weight excluding hydrogens is 618 g/mol. The number of methoxy groups -OCH3 is 3. The van der Waals surface area contributed by atoms with Crippen LogP contribution in [0.3, 0.4) is 0 Å². The van der Waals surface area contributed by atoms with Crippen LogP contribution >= 0.6 is 0 Å². The lowest BCUT2D eigenvalue weighted by atomic mass is 9.98. The molecule has 0 saturated carbocycles. The molecule has 0 radical (unpaired) electrons. The van der Waals surface area contributed by atoms with Crippen molar-refractivity contribution in [3.8, 4) is 11.5 Å². The number of aromatic nitrogens is 2. The van der Waals surface area contributed by atoms with Crippen LogP contribution in [0.25, 0.3) is 0 Å². The molecule has 2 atom stereocenters. The summed E-state index contributed by atoms with van der Waals surface area (Å²) in [7, 11) is 4.35. The van der Waals surface area contributed by atoms with Crippen LogP contribution in [0.5, 0.6) is 11.5 Å².